The average molecular weight is 269 g/mol. The molecule has 0 saturated carbocycles. The molecule has 4 N–H and O–H groups in total. The van der Waals surface area contributed by atoms with Gasteiger partial charge in [-0.2, -0.15) is 26.3 Å². The van der Waals surface area contributed by atoms with Gasteiger partial charge < -0.3 is 25.5 Å². The lowest BCUT2D eigenvalue weighted by atomic mass is 10.3. The smallest absolute Gasteiger partial charge is 0.474 e. The molecule has 0 aromatic carbocycles. The van der Waals surface area contributed by atoms with Crippen LogP contribution < -0.4 is 11.3 Å². The Balaban J connectivity index is 0.00000256. The molecule has 11 heteroatoms. The van der Waals surface area contributed by atoms with Crippen LogP contribution >= 0.6 is 0 Å². The summed E-state index contributed by atoms with van der Waals surface area (Å²) >= 11 is 0. The van der Waals surface area contributed by atoms with Crippen LogP contribution in [0.1, 0.15) is 0 Å². The SMILES string of the molecule is O=C([O-])C1(C(F)(F)F)OC=C(C(F)(F)F)O1.[NH4+]. The van der Waals surface area contributed by atoms with Crippen molar-refractivity contribution in [2.45, 2.75) is 18.1 Å². The number of ether oxygens (including phenoxy) is 2. The van der Waals surface area contributed by atoms with Crippen LogP contribution in [0.4, 0.5) is 26.3 Å². The topological polar surface area (TPSA) is 95.1 Å². The van der Waals surface area contributed by atoms with Crippen LogP contribution in [-0.4, -0.2) is 24.1 Å². The van der Waals surface area contributed by atoms with Gasteiger partial charge in [0.05, 0.1) is 0 Å². The molecule has 5 nitrogen and oxygen atoms in total. The number of quaternary nitrogens is 1. The van der Waals surface area contributed by atoms with Crippen molar-refractivity contribution in [2.75, 3.05) is 0 Å². The molecule has 0 spiro atoms. The molecule has 1 aliphatic heterocycles. The van der Waals surface area contributed by atoms with E-state index >= 15 is 0 Å². The second kappa shape index (κ2) is 3.98. The van der Waals surface area contributed by atoms with Crippen molar-refractivity contribution in [3.63, 3.8) is 0 Å². The quantitative estimate of drug-likeness (QED) is 0.713. The molecule has 1 heterocycles. The monoisotopic (exact) mass is 269 g/mol. The molecule has 1 unspecified atom stereocenters. The largest absolute Gasteiger partial charge is 0.542 e. The van der Waals surface area contributed by atoms with E-state index in [1.807, 2.05) is 0 Å². The summed E-state index contributed by atoms with van der Waals surface area (Å²) in [6.45, 7) is 0. The molecule has 1 aliphatic rings. The number of allylic oxidation sites excluding steroid dienone is 1. The van der Waals surface area contributed by atoms with E-state index in [9.17, 15) is 36.2 Å². The highest BCUT2D eigenvalue weighted by atomic mass is 19.4. The molecule has 0 bridgehead atoms. The zero-order chi connectivity index (χ0) is 12.8. The van der Waals surface area contributed by atoms with E-state index in [0.29, 0.717) is 0 Å². The lowest BCUT2D eigenvalue weighted by molar-refractivity contribution is -0.394. The Morgan fingerprint density at radius 2 is 1.71 bits per heavy atom. The highest BCUT2D eigenvalue weighted by Gasteiger charge is 2.66. The molecule has 0 radical (unpaired) electrons. The number of aliphatic carboxylic acids is 1. The van der Waals surface area contributed by atoms with Crippen molar-refractivity contribution < 1.29 is 45.7 Å². The third-order valence-electron chi connectivity index (χ3n) is 1.51. The fourth-order valence-electron chi connectivity index (χ4n) is 0.794. The minimum Gasteiger partial charge on any atom is -0.542 e. The Morgan fingerprint density at radius 1 is 1.24 bits per heavy atom. The lowest BCUT2D eigenvalue weighted by Crippen LogP contribution is -2.59. The van der Waals surface area contributed by atoms with Crippen molar-refractivity contribution in [1.82, 2.24) is 6.15 Å². The molecule has 0 aliphatic carbocycles. The first kappa shape index (κ1) is 15.3. The van der Waals surface area contributed by atoms with E-state index in [2.05, 4.69) is 9.47 Å². The lowest BCUT2D eigenvalue weighted by Gasteiger charge is -2.30. The molecule has 0 amide bonds. The highest BCUT2D eigenvalue weighted by molar-refractivity contribution is 5.75. The maximum absolute atomic E-state index is 12.2. The normalized spacial score (nSPS) is 24.2. The molecule has 17 heavy (non-hydrogen) atoms. The molecule has 100 valence electrons. The van der Waals surface area contributed by atoms with Crippen LogP contribution in [0.2, 0.25) is 0 Å². The third kappa shape index (κ3) is 2.38. The maximum atomic E-state index is 12.2. The zero-order valence-corrected chi connectivity index (χ0v) is 7.98. The summed E-state index contributed by atoms with van der Waals surface area (Å²) < 4.78 is 78.9. The van der Waals surface area contributed by atoms with Crippen molar-refractivity contribution in [1.29, 1.82) is 0 Å². The predicted octanol–water partition coefficient (Wildman–Crippen LogP) is 0.822. The van der Waals surface area contributed by atoms with Gasteiger partial charge in [0, 0.05) is 0 Å². The number of carbonyl (C=O) groups is 1. The number of rotatable bonds is 1. The summed E-state index contributed by atoms with van der Waals surface area (Å²) in [4.78, 5) is 10.2. The van der Waals surface area contributed by atoms with Crippen LogP contribution in [0.3, 0.4) is 0 Å². The van der Waals surface area contributed by atoms with Gasteiger partial charge in [-0.3, -0.25) is 0 Å². The van der Waals surface area contributed by atoms with Crippen LogP contribution in [-0.2, 0) is 14.3 Å². The van der Waals surface area contributed by atoms with Gasteiger partial charge in [-0.25, -0.2) is 0 Å². The molecule has 0 fully saturated rings. The van der Waals surface area contributed by atoms with Crippen LogP contribution in [0.15, 0.2) is 12.0 Å². The standard InChI is InChI=1S/C6H2F6O4.H3N/c7-5(8,9)2-1-15-4(16-2,3(13)14)6(10,11)12;/h1H,(H,13,14);1H3. The van der Waals surface area contributed by atoms with E-state index in [1.165, 1.54) is 0 Å². The molecular formula is C6H5F6NO4. The van der Waals surface area contributed by atoms with Gasteiger partial charge in [0.1, 0.15) is 12.2 Å². The Labute approximate surface area is 89.2 Å². The number of hydrogen-bond acceptors (Lipinski definition) is 4. The number of halogens is 6. The molecule has 0 aromatic heterocycles. The Bertz CT molecular complexity index is 347. The fourth-order valence-corrected chi connectivity index (χ4v) is 0.794. The summed E-state index contributed by atoms with van der Waals surface area (Å²) in [5, 5.41) is 10.2. The molecule has 1 rings (SSSR count). The van der Waals surface area contributed by atoms with Crippen molar-refractivity contribution in [3.8, 4) is 0 Å². The summed E-state index contributed by atoms with van der Waals surface area (Å²) in [6.07, 6.45) is -11.5. The fraction of sp³-hybridized carbons (Fsp3) is 0.500. The maximum Gasteiger partial charge on any atom is 0.474 e. The van der Waals surface area contributed by atoms with Crippen LogP contribution in [0.5, 0.6) is 0 Å². The minimum atomic E-state index is -5.71. The van der Waals surface area contributed by atoms with E-state index < -0.39 is 36.1 Å². The Hall–Kier alpha value is -1.65. The zero-order valence-electron chi connectivity index (χ0n) is 7.98. The first-order valence-electron chi connectivity index (χ1n) is 3.43. The summed E-state index contributed by atoms with van der Waals surface area (Å²) in [5.74, 6) is -9.62. The second-order valence-electron chi connectivity index (χ2n) is 2.60. The Kier molecular flexibility index (Phi) is 3.59. The summed E-state index contributed by atoms with van der Waals surface area (Å²) in [5.41, 5.74) is 0. The minimum absolute atomic E-state index is 0. The molecule has 1 atom stereocenters. The Morgan fingerprint density at radius 3 is 1.88 bits per heavy atom. The van der Waals surface area contributed by atoms with Gasteiger partial charge in [0.25, 0.3) is 0 Å². The van der Waals surface area contributed by atoms with Gasteiger partial charge >= 0.3 is 18.1 Å². The van der Waals surface area contributed by atoms with Gasteiger partial charge in [0.15, 0.2) is 0 Å². The van der Waals surface area contributed by atoms with Gasteiger partial charge in [-0.1, -0.05) is 0 Å². The third-order valence-corrected chi connectivity index (χ3v) is 1.51. The van der Waals surface area contributed by atoms with Crippen LogP contribution in [0.25, 0.3) is 0 Å². The number of carbonyl (C=O) groups excluding carboxylic acids is 1. The van der Waals surface area contributed by atoms with Gasteiger partial charge in [-0.05, 0) is 0 Å². The summed E-state index contributed by atoms with van der Waals surface area (Å²) in [7, 11) is 0. The predicted molar refractivity (Wildman–Crippen MR) is 36.1 cm³/mol. The average Bonchev–Trinajstić information content (AvgIpc) is 2.45. The molecular weight excluding hydrogens is 264 g/mol. The van der Waals surface area contributed by atoms with Crippen molar-refractivity contribution in [2.24, 2.45) is 0 Å². The van der Waals surface area contributed by atoms with E-state index in [1.54, 1.807) is 0 Å². The number of carboxylic acid groups (broad SMARTS) is 1. The number of hydrogen-bond donors (Lipinski definition) is 1. The first-order valence-corrected chi connectivity index (χ1v) is 3.43. The van der Waals surface area contributed by atoms with Crippen molar-refractivity contribution in [3.05, 3.63) is 12.0 Å². The highest BCUT2D eigenvalue weighted by Crippen LogP contribution is 2.44. The molecule has 0 saturated heterocycles. The summed E-state index contributed by atoms with van der Waals surface area (Å²) in [6, 6.07) is 0. The number of carboxylic acids is 1. The van der Waals surface area contributed by atoms with E-state index in [0.717, 1.165) is 0 Å². The van der Waals surface area contributed by atoms with Crippen LogP contribution in [0, 0.1) is 0 Å². The van der Waals surface area contributed by atoms with Gasteiger partial charge in [0.2, 0.25) is 5.76 Å². The van der Waals surface area contributed by atoms with Crippen molar-refractivity contribution >= 4 is 5.97 Å². The number of alkyl halides is 6. The van der Waals surface area contributed by atoms with Gasteiger partial charge in [-0.15, -0.1) is 0 Å². The second-order valence-corrected chi connectivity index (χ2v) is 2.60. The van der Waals surface area contributed by atoms with E-state index in [-0.39, 0.29) is 6.15 Å². The first-order chi connectivity index (χ1) is 7.01. The molecule has 0 aromatic rings. The van der Waals surface area contributed by atoms with E-state index in [4.69, 9.17) is 0 Å².